The molecule has 0 saturated carbocycles. The van der Waals surface area contributed by atoms with Crippen molar-refractivity contribution in [1.82, 2.24) is 14.9 Å². The number of ether oxygens (including phenoxy) is 1. The summed E-state index contributed by atoms with van der Waals surface area (Å²) < 4.78 is 5.24. The van der Waals surface area contributed by atoms with Crippen LogP contribution >= 0.6 is 11.6 Å². The number of benzene rings is 2. The van der Waals surface area contributed by atoms with Crippen molar-refractivity contribution in [1.29, 1.82) is 0 Å². The van der Waals surface area contributed by atoms with Gasteiger partial charge in [0.05, 0.1) is 18.2 Å². The van der Waals surface area contributed by atoms with Crippen LogP contribution < -0.4 is 16.0 Å². The van der Waals surface area contributed by atoms with Gasteiger partial charge in [0, 0.05) is 31.6 Å². The van der Waals surface area contributed by atoms with Crippen molar-refractivity contribution in [2.45, 2.75) is 57.9 Å². The Hall–Kier alpha value is -3.20. The van der Waals surface area contributed by atoms with Crippen LogP contribution in [-0.2, 0) is 27.9 Å². The van der Waals surface area contributed by atoms with Gasteiger partial charge in [0.1, 0.15) is 5.02 Å². The molecule has 0 radical (unpaired) electrons. The Balaban J connectivity index is 1.27. The van der Waals surface area contributed by atoms with E-state index in [-0.39, 0.29) is 5.91 Å². The largest absolute Gasteiger partial charge is 0.383 e. The number of nitrogens with zero attached hydrogens (tertiary/aromatic N) is 3. The van der Waals surface area contributed by atoms with Crippen molar-refractivity contribution in [3.63, 3.8) is 0 Å². The first-order chi connectivity index (χ1) is 19.3. The van der Waals surface area contributed by atoms with E-state index in [9.17, 15) is 4.79 Å². The van der Waals surface area contributed by atoms with Crippen LogP contribution in [0.5, 0.6) is 0 Å². The predicted octanol–water partition coefficient (Wildman–Crippen LogP) is 6.10. The molecule has 0 bridgehead atoms. The minimum atomic E-state index is -0.598. The molecule has 0 spiro atoms. The van der Waals surface area contributed by atoms with Crippen molar-refractivity contribution >= 4 is 40.6 Å². The van der Waals surface area contributed by atoms with Crippen LogP contribution in [0, 0.1) is 0 Å². The number of carbonyl (C=O) groups is 1. The van der Waals surface area contributed by atoms with Crippen LogP contribution in [0.4, 0.5) is 23.1 Å². The number of halogens is 1. The molecule has 0 atom stereocenters. The number of carbonyl (C=O) groups excluding carboxylic acids is 1. The van der Waals surface area contributed by atoms with Gasteiger partial charge in [-0.05, 0) is 86.5 Å². The van der Waals surface area contributed by atoms with Gasteiger partial charge in [-0.1, -0.05) is 42.8 Å². The molecule has 1 amide bonds. The molecule has 8 nitrogen and oxygen atoms in total. The van der Waals surface area contributed by atoms with Gasteiger partial charge in [0.2, 0.25) is 11.9 Å². The van der Waals surface area contributed by atoms with Crippen molar-refractivity contribution < 1.29 is 9.53 Å². The lowest BCUT2D eigenvalue weighted by Gasteiger charge is -2.32. The topological polar surface area (TPSA) is 91.4 Å². The Bertz CT molecular complexity index is 1370. The number of anilines is 4. The van der Waals surface area contributed by atoms with E-state index < -0.39 is 5.41 Å². The number of fused-ring (bicyclic) bond motifs is 1. The number of hydrogen-bond donors (Lipinski definition) is 3. The minimum Gasteiger partial charge on any atom is -0.383 e. The Morgan fingerprint density at radius 1 is 1.18 bits per heavy atom. The molecule has 1 fully saturated rings. The first-order valence-electron chi connectivity index (χ1n) is 14.1. The summed E-state index contributed by atoms with van der Waals surface area (Å²) >= 11 is 6.47. The fraction of sp³-hybridized carbons (Fsp3) is 0.452. The molecule has 0 unspecified atom stereocenters. The number of likely N-dealkylation sites (tertiary alicyclic amines) is 1. The van der Waals surface area contributed by atoms with E-state index in [0.717, 1.165) is 55.2 Å². The molecule has 2 aromatic carbocycles. The maximum atomic E-state index is 12.5. The molecule has 3 heterocycles. The van der Waals surface area contributed by atoms with E-state index >= 15 is 0 Å². The van der Waals surface area contributed by atoms with Gasteiger partial charge in [0.25, 0.3) is 0 Å². The third kappa shape index (κ3) is 5.94. The molecule has 212 valence electrons. The van der Waals surface area contributed by atoms with Crippen molar-refractivity contribution in [3.05, 3.63) is 69.9 Å². The summed E-state index contributed by atoms with van der Waals surface area (Å²) in [6.07, 6.45) is 4.85. The third-order valence-electron chi connectivity index (χ3n) is 8.21. The zero-order chi connectivity index (χ0) is 28.3. The quantitative estimate of drug-likeness (QED) is 0.275. The Morgan fingerprint density at radius 2 is 1.98 bits per heavy atom. The number of aromatic nitrogens is 2. The molecule has 1 saturated heterocycles. The molecule has 2 aliphatic rings. The fourth-order valence-electron chi connectivity index (χ4n) is 5.82. The summed E-state index contributed by atoms with van der Waals surface area (Å²) in [5.74, 6) is 1.61. The maximum absolute atomic E-state index is 12.5. The highest BCUT2D eigenvalue weighted by molar-refractivity contribution is 6.32. The SMILES string of the molecule is CCc1cc(C2CCN(CCOC)CC2)ccc1Nc1ncc(Cl)c(NCc2cccc3c2C(C)(C)C(=O)N3)n1. The van der Waals surface area contributed by atoms with Crippen LogP contribution in [0.1, 0.15) is 61.8 Å². The zero-order valence-electron chi connectivity index (χ0n) is 23.8. The lowest BCUT2D eigenvalue weighted by atomic mass is 9.83. The van der Waals surface area contributed by atoms with Crippen LogP contribution in [0.15, 0.2) is 42.6 Å². The molecule has 3 N–H and O–H groups in total. The second-order valence-electron chi connectivity index (χ2n) is 11.2. The highest BCUT2D eigenvalue weighted by atomic mass is 35.5. The number of amides is 1. The molecule has 1 aromatic heterocycles. The summed E-state index contributed by atoms with van der Waals surface area (Å²) in [6, 6.07) is 12.6. The van der Waals surface area contributed by atoms with Gasteiger partial charge in [0.15, 0.2) is 5.82 Å². The molecular formula is C31H39ClN6O2. The van der Waals surface area contributed by atoms with Crippen LogP contribution in [0.3, 0.4) is 0 Å². The fourth-order valence-corrected chi connectivity index (χ4v) is 5.98. The van der Waals surface area contributed by atoms with Crippen LogP contribution in [0.2, 0.25) is 5.02 Å². The normalized spacial score (nSPS) is 17.0. The number of nitrogens with one attached hydrogen (secondary N) is 3. The minimum absolute atomic E-state index is 0.00628. The van der Waals surface area contributed by atoms with E-state index in [2.05, 4.69) is 55.9 Å². The predicted molar refractivity (Wildman–Crippen MR) is 162 cm³/mol. The van der Waals surface area contributed by atoms with E-state index in [1.165, 1.54) is 24.0 Å². The zero-order valence-corrected chi connectivity index (χ0v) is 24.6. The van der Waals surface area contributed by atoms with Gasteiger partial charge in [-0.25, -0.2) is 4.98 Å². The monoisotopic (exact) mass is 562 g/mol. The Morgan fingerprint density at radius 3 is 2.73 bits per heavy atom. The first kappa shape index (κ1) is 28.3. The Kier molecular flexibility index (Phi) is 8.59. The second-order valence-corrected chi connectivity index (χ2v) is 11.6. The molecular weight excluding hydrogens is 524 g/mol. The number of piperidine rings is 1. The van der Waals surface area contributed by atoms with Crippen molar-refractivity contribution in [2.75, 3.05) is 49.3 Å². The molecule has 3 aromatic rings. The van der Waals surface area contributed by atoms with Gasteiger partial charge in [-0.15, -0.1) is 0 Å². The average molecular weight is 563 g/mol. The summed E-state index contributed by atoms with van der Waals surface area (Å²) in [5.41, 5.74) is 5.94. The van der Waals surface area contributed by atoms with Crippen LogP contribution in [0.25, 0.3) is 0 Å². The first-order valence-corrected chi connectivity index (χ1v) is 14.5. The van der Waals surface area contributed by atoms with E-state index in [4.69, 9.17) is 16.3 Å². The summed E-state index contributed by atoms with van der Waals surface area (Å²) in [7, 11) is 1.76. The lowest BCUT2D eigenvalue weighted by molar-refractivity contribution is -0.119. The molecule has 2 aliphatic heterocycles. The van der Waals surface area contributed by atoms with Gasteiger partial charge >= 0.3 is 0 Å². The molecule has 40 heavy (non-hydrogen) atoms. The number of hydrogen-bond acceptors (Lipinski definition) is 7. The van der Waals surface area contributed by atoms with Gasteiger partial charge in [-0.3, -0.25) is 4.79 Å². The molecule has 0 aliphatic carbocycles. The summed E-state index contributed by atoms with van der Waals surface area (Å²) in [6.45, 7) is 10.6. The van der Waals surface area contributed by atoms with E-state index in [1.807, 2.05) is 32.0 Å². The smallest absolute Gasteiger partial charge is 0.234 e. The van der Waals surface area contributed by atoms with Crippen LogP contribution in [-0.4, -0.2) is 54.1 Å². The standard InChI is InChI=1S/C31H39ClN6O2/c1-5-20-17-22(21-11-13-38(14-12-21)15-16-40-4)9-10-25(20)36-30-34-19-24(32)28(37-30)33-18-23-7-6-8-26-27(23)31(2,3)29(39)35-26/h6-10,17,19,21H,5,11-16,18H2,1-4H3,(H,35,39)(H2,33,34,36,37). The molecule has 5 rings (SSSR count). The summed E-state index contributed by atoms with van der Waals surface area (Å²) in [4.78, 5) is 24.1. The second kappa shape index (κ2) is 12.1. The number of rotatable bonds is 10. The lowest BCUT2D eigenvalue weighted by Crippen LogP contribution is -2.35. The maximum Gasteiger partial charge on any atom is 0.234 e. The average Bonchev–Trinajstić information content (AvgIpc) is 3.20. The van der Waals surface area contributed by atoms with E-state index in [1.54, 1.807) is 13.3 Å². The van der Waals surface area contributed by atoms with Crippen molar-refractivity contribution in [3.8, 4) is 0 Å². The number of methoxy groups -OCH3 is 1. The third-order valence-corrected chi connectivity index (χ3v) is 8.49. The highest BCUT2D eigenvalue weighted by Crippen LogP contribution is 2.40. The van der Waals surface area contributed by atoms with Gasteiger partial charge in [-0.2, -0.15) is 4.98 Å². The molecule has 9 heteroatoms. The van der Waals surface area contributed by atoms with Crippen molar-refractivity contribution in [2.24, 2.45) is 0 Å². The number of aryl methyl sites for hydroxylation is 1. The Labute approximate surface area is 241 Å². The highest BCUT2D eigenvalue weighted by Gasteiger charge is 2.39. The van der Waals surface area contributed by atoms with E-state index in [0.29, 0.717) is 29.3 Å². The van der Waals surface area contributed by atoms with Gasteiger partial charge < -0.3 is 25.6 Å². The summed E-state index contributed by atoms with van der Waals surface area (Å²) in [5, 5.41) is 10.2.